The van der Waals surface area contributed by atoms with E-state index in [9.17, 15) is 13.2 Å². The molecule has 2 aromatic carbocycles. The molecule has 1 unspecified atom stereocenters. The van der Waals surface area contributed by atoms with E-state index in [2.05, 4.69) is 15.5 Å². The first-order valence-corrected chi connectivity index (χ1v) is 8.99. The number of alkyl halides is 3. The van der Waals surface area contributed by atoms with E-state index in [1.54, 1.807) is 26.2 Å². The molecule has 0 aliphatic rings. The molecule has 0 amide bonds. The molecule has 1 atom stereocenters. The normalized spacial score (nSPS) is 12.7. The summed E-state index contributed by atoms with van der Waals surface area (Å²) in [4.78, 5) is 0. The molecule has 0 aliphatic heterocycles. The van der Waals surface area contributed by atoms with Crippen LogP contribution in [0.1, 0.15) is 35.3 Å². The van der Waals surface area contributed by atoms with Crippen LogP contribution in [-0.4, -0.2) is 24.4 Å². The number of hydrogen-bond donors (Lipinski definition) is 1. The molecule has 8 heteroatoms. The van der Waals surface area contributed by atoms with Gasteiger partial charge < -0.3 is 14.8 Å². The van der Waals surface area contributed by atoms with Gasteiger partial charge in [0.15, 0.2) is 17.3 Å². The molecule has 3 aromatic rings. The van der Waals surface area contributed by atoms with Crippen molar-refractivity contribution in [2.75, 3.05) is 19.5 Å². The van der Waals surface area contributed by atoms with Crippen LogP contribution in [-0.2, 0) is 6.18 Å². The molecule has 0 saturated heterocycles. The number of nitrogens with one attached hydrogen (secondary N) is 1. The minimum absolute atomic E-state index is 0.184. The smallest absolute Gasteiger partial charge is 0.416 e. The van der Waals surface area contributed by atoms with E-state index in [1.807, 2.05) is 13.0 Å². The molecule has 1 aromatic heterocycles. The molecule has 0 spiro atoms. The first-order valence-electron chi connectivity index (χ1n) is 8.99. The Morgan fingerprint density at radius 1 is 0.966 bits per heavy atom. The molecule has 0 radical (unpaired) electrons. The minimum Gasteiger partial charge on any atom is -0.493 e. The van der Waals surface area contributed by atoms with Gasteiger partial charge in [0, 0.05) is 10.8 Å². The van der Waals surface area contributed by atoms with E-state index in [0.29, 0.717) is 28.6 Å². The average Bonchev–Trinajstić information content (AvgIpc) is 2.68. The lowest BCUT2D eigenvalue weighted by Crippen LogP contribution is -2.14. The maximum Gasteiger partial charge on any atom is 0.416 e. The van der Waals surface area contributed by atoms with Gasteiger partial charge in [-0.3, -0.25) is 0 Å². The molecule has 3 rings (SSSR count). The zero-order valence-corrected chi connectivity index (χ0v) is 16.8. The van der Waals surface area contributed by atoms with Crippen molar-refractivity contribution < 1.29 is 22.6 Å². The number of nitrogens with zero attached hydrogens (tertiary/aromatic N) is 2. The molecule has 0 saturated carbocycles. The van der Waals surface area contributed by atoms with Crippen molar-refractivity contribution in [2.24, 2.45) is 0 Å². The predicted octanol–water partition coefficient (Wildman–Crippen LogP) is 5.46. The second kappa shape index (κ2) is 7.77. The van der Waals surface area contributed by atoms with Gasteiger partial charge in [0.1, 0.15) is 0 Å². The van der Waals surface area contributed by atoms with Crippen molar-refractivity contribution in [1.29, 1.82) is 0 Å². The van der Waals surface area contributed by atoms with Crippen LogP contribution in [0.5, 0.6) is 11.5 Å². The lowest BCUT2D eigenvalue weighted by atomic mass is 9.97. The zero-order chi connectivity index (χ0) is 21.3. The topological polar surface area (TPSA) is 56.3 Å². The lowest BCUT2D eigenvalue weighted by molar-refractivity contribution is -0.138. The van der Waals surface area contributed by atoms with E-state index in [-0.39, 0.29) is 5.56 Å². The van der Waals surface area contributed by atoms with E-state index in [1.165, 1.54) is 20.1 Å². The Bertz CT molecular complexity index is 1050. The SMILES string of the molecule is COc1cc2c(C)nnc(NC(C)c3cccc(C(F)(F)F)c3C)c2cc1OC. The number of rotatable bonds is 5. The number of aryl methyl sites for hydroxylation is 1. The van der Waals surface area contributed by atoms with E-state index < -0.39 is 17.8 Å². The van der Waals surface area contributed by atoms with Gasteiger partial charge in [0.05, 0.1) is 31.5 Å². The molecule has 0 aliphatic carbocycles. The Morgan fingerprint density at radius 3 is 2.17 bits per heavy atom. The van der Waals surface area contributed by atoms with Gasteiger partial charge in [-0.25, -0.2) is 0 Å². The van der Waals surface area contributed by atoms with Crippen molar-refractivity contribution >= 4 is 16.6 Å². The van der Waals surface area contributed by atoms with Crippen LogP contribution in [0.3, 0.4) is 0 Å². The summed E-state index contributed by atoms with van der Waals surface area (Å²) in [6, 6.07) is 7.34. The highest BCUT2D eigenvalue weighted by atomic mass is 19.4. The van der Waals surface area contributed by atoms with E-state index in [4.69, 9.17) is 9.47 Å². The number of hydrogen-bond acceptors (Lipinski definition) is 5. The number of ether oxygens (including phenoxy) is 2. The fourth-order valence-corrected chi connectivity index (χ4v) is 3.43. The Morgan fingerprint density at radius 2 is 1.59 bits per heavy atom. The van der Waals surface area contributed by atoms with Gasteiger partial charge in [-0.1, -0.05) is 12.1 Å². The van der Waals surface area contributed by atoms with Crippen LogP contribution in [0.15, 0.2) is 30.3 Å². The van der Waals surface area contributed by atoms with Gasteiger partial charge >= 0.3 is 6.18 Å². The minimum atomic E-state index is -4.40. The fourth-order valence-electron chi connectivity index (χ4n) is 3.43. The van der Waals surface area contributed by atoms with Crippen LogP contribution in [0, 0.1) is 13.8 Å². The largest absolute Gasteiger partial charge is 0.493 e. The predicted molar refractivity (Wildman–Crippen MR) is 106 cm³/mol. The summed E-state index contributed by atoms with van der Waals surface area (Å²) < 4.78 is 50.5. The van der Waals surface area contributed by atoms with Gasteiger partial charge in [0.25, 0.3) is 0 Å². The van der Waals surface area contributed by atoms with Crippen molar-refractivity contribution in [1.82, 2.24) is 10.2 Å². The summed E-state index contributed by atoms with van der Waals surface area (Å²) in [6.07, 6.45) is -4.40. The number of benzene rings is 2. The molecular weight excluding hydrogens is 383 g/mol. The summed E-state index contributed by atoms with van der Waals surface area (Å²) in [5, 5.41) is 13.2. The van der Waals surface area contributed by atoms with Crippen LogP contribution in [0.25, 0.3) is 10.8 Å². The average molecular weight is 405 g/mol. The summed E-state index contributed by atoms with van der Waals surface area (Å²) in [5.74, 6) is 1.54. The third kappa shape index (κ3) is 3.92. The number of fused-ring (bicyclic) bond motifs is 1. The maximum absolute atomic E-state index is 13.3. The van der Waals surface area contributed by atoms with Crippen molar-refractivity contribution in [2.45, 2.75) is 33.0 Å². The first-order chi connectivity index (χ1) is 13.7. The monoisotopic (exact) mass is 405 g/mol. The molecule has 0 fully saturated rings. The van der Waals surface area contributed by atoms with Crippen molar-refractivity contribution in [3.63, 3.8) is 0 Å². The Kier molecular flexibility index (Phi) is 5.55. The zero-order valence-electron chi connectivity index (χ0n) is 16.8. The highest BCUT2D eigenvalue weighted by Gasteiger charge is 2.33. The third-order valence-corrected chi connectivity index (χ3v) is 4.97. The number of methoxy groups -OCH3 is 2. The summed E-state index contributed by atoms with van der Waals surface area (Å²) in [5.41, 5.74) is 0.781. The second-order valence-corrected chi connectivity index (χ2v) is 6.77. The van der Waals surface area contributed by atoms with E-state index in [0.717, 1.165) is 16.8 Å². The fraction of sp³-hybridized carbons (Fsp3) is 0.333. The molecule has 1 N–H and O–H groups in total. The van der Waals surface area contributed by atoms with Gasteiger partial charge in [-0.2, -0.15) is 18.3 Å². The summed E-state index contributed by atoms with van der Waals surface area (Å²) in [7, 11) is 3.08. The first kappa shape index (κ1) is 20.7. The highest BCUT2D eigenvalue weighted by molar-refractivity contribution is 5.95. The van der Waals surface area contributed by atoms with Gasteiger partial charge in [-0.15, -0.1) is 5.10 Å². The van der Waals surface area contributed by atoms with Crippen molar-refractivity contribution in [3.8, 4) is 11.5 Å². The Hall–Kier alpha value is -3.03. The molecule has 5 nitrogen and oxygen atoms in total. The Balaban J connectivity index is 2.06. The van der Waals surface area contributed by atoms with Crippen LogP contribution in [0.2, 0.25) is 0 Å². The summed E-state index contributed by atoms with van der Waals surface area (Å²) in [6.45, 7) is 5.09. The standard InChI is InChI=1S/C21H22F3N3O2/c1-11-14(7-6-8-17(11)21(22,23)24)12(2)25-20-16-10-19(29-5)18(28-4)9-15(16)13(3)26-27-20/h6-10,12H,1-5H3,(H,25,27). The quantitative estimate of drug-likeness (QED) is 0.611. The molecule has 154 valence electrons. The van der Waals surface area contributed by atoms with Crippen molar-refractivity contribution in [3.05, 3.63) is 52.7 Å². The third-order valence-electron chi connectivity index (χ3n) is 4.97. The Labute approximate surface area is 166 Å². The lowest BCUT2D eigenvalue weighted by Gasteiger charge is -2.21. The van der Waals surface area contributed by atoms with Gasteiger partial charge in [-0.05, 0) is 50.1 Å². The summed E-state index contributed by atoms with van der Waals surface area (Å²) >= 11 is 0. The van der Waals surface area contributed by atoms with Crippen LogP contribution in [0.4, 0.5) is 19.0 Å². The van der Waals surface area contributed by atoms with Crippen LogP contribution < -0.4 is 14.8 Å². The molecule has 1 heterocycles. The maximum atomic E-state index is 13.3. The van der Waals surface area contributed by atoms with E-state index >= 15 is 0 Å². The molecule has 29 heavy (non-hydrogen) atoms. The second-order valence-electron chi connectivity index (χ2n) is 6.77. The number of anilines is 1. The van der Waals surface area contributed by atoms with Gasteiger partial charge in [0.2, 0.25) is 0 Å². The highest BCUT2D eigenvalue weighted by Crippen LogP contribution is 2.38. The number of aromatic nitrogens is 2. The number of halogens is 3. The van der Waals surface area contributed by atoms with Crippen LogP contribution >= 0.6 is 0 Å². The molecule has 0 bridgehead atoms. The molecular formula is C21H22F3N3O2.